The molecule has 128 valence electrons. The number of anilines is 2. The van der Waals surface area contributed by atoms with Gasteiger partial charge in [0, 0.05) is 22.5 Å². The summed E-state index contributed by atoms with van der Waals surface area (Å²) in [5.41, 5.74) is 4.16. The van der Waals surface area contributed by atoms with Crippen LogP contribution in [-0.4, -0.2) is 11.8 Å². The van der Waals surface area contributed by atoms with Crippen LogP contribution in [0.4, 0.5) is 11.4 Å². The highest BCUT2D eigenvalue weighted by Crippen LogP contribution is 2.34. The molecule has 5 nitrogen and oxygen atoms in total. The molecular formula is C21H16N2O3. The van der Waals surface area contributed by atoms with E-state index in [-0.39, 0.29) is 11.8 Å². The van der Waals surface area contributed by atoms with E-state index in [2.05, 4.69) is 10.6 Å². The van der Waals surface area contributed by atoms with E-state index in [0.717, 1.165) is 11.3 Å². The van der Waals surface area contributed by atoms with Gasteiger partial charge in [-0.05, 0) is 55.5 Å². The third-order valence-corrected chi connectivity index (χ3v) is 4.20. The Bertz CT molecular complexity index is 1020. The van der Waals surface area contributed by atoms with Gasteiger partial charge in [0.1, 0.15) is 5.76 Å². The fraction of sp³-hybridized carbons (Fsp3) is 0.0476. The zero-order valence-corrected chi connectivity index (χ0v) is 14.1. The Labute approximate surface area is 150 Å². The monoisotopic (exact) mass is 344 g/mol. The molecule has 0 aliphatic carbocycles. The van der Waals surface area contributed by atoms with Crippen molar-refractivity contribution in [3.05, 3.63) is 83.3 Å². The normalized spacial score (nSPS) is 14.2. The molecule has 5 heteroatoms. The quantitative estimate of drug-likeness (QED) is 0.695. The number of aryl methyl sites for hydroxylation is 1. The molecule has 2 heterocycles. The summed E-state index contributed by atoms with van der Waals surface area (Å²) in [6.45, 7) is 1.99. The Morgan fingerprint density at radius 2 is 1.92 bits per heavy atom. The van der Waals surface area contributed by atoms with Crippen LogP contribution in [0.2, 0.25) is 0 Å². The van der Waals surface area contributed by atoms with Crippen molar-refractivity contribution >= 4 is 34.8 Å². The maximum absolute atomic E-state index is 12.5. The van der Waals surface area contributed by atoms with Crippen LogP contribution in [0.3, 0.4) is 0 Å². The van der Waals surface area contributed by atoms with Gasteiger partial charge in [-0.15, -0.1) is 0 Å². The summed E-state index contributed by atoms with van der Waals surface area (Å²) >= 11 is 0. The summed E-state index contributed by atoms with van der Waals surface area (Å²) in [7, 11) is 0. The highest BCUT2D eigenvalue weighted by atomic mass is 16.3. The van der Waals surface area contributed by atoms with E-state index in [1.165, 1.54) is 0 Å². The first-order valence-electron chi connectivity index (χ1n) is 8.19. The lowest BCUT2D eigenvalue weighted by Gasteiger charge is -2.07. The first-order valence-corrected chi connectivity index (χ1v) is 8.19. The van der Waals surface area contributed by atoms with Gasteiger partial charge >= 0.3 is 0 Å². The number of benzene rings is 2. The first-order chi connectivity index (χ1) is 12.6. The highest BCUT2D eigenvalue weighted by Gasteiger charge is 2.25. The minimum absolute atomic E-state index is 0.215. The van der Waals surface area contributed by atoms with Crippen LogP contribution in [0.5, 0.6) is 0 Å². The smallest absolute Gasteiger partial charge is 0.256 e. The number of carbonyl (C=O) groups excluding carboxylic acids is 2. The Kier molecular flexibility index (Phi) is 3.89. The summed E-state index contributed by atoms with van der Waals surface area (Å²) in [6, 6.07) is 16.3. The number of amides is 2. The van der Waals surface area contributed by atoms with Gasteiger partial charge in [0.05, 0.1) is 11.8 Å². The Balaban J connectivity index is 1.64. The SMILES string of the molecule is Cc1ccc(NC(=O)c2ccc3c(c2)/C(=C/c2ccco2)C(=O)N3)cc1. The molecule has 26 heavy (non-hydrogen) atoms. The molecule has 0 unspecified atom stereocenters. The van der Waals surface area contributed by atoms with Crippen molar-refractivity contribution in [2.75, 3.05) is 10.6 Å². The van der Waals surface area contributed by atoms with Gasteiger partial charge in [-0.25, -0.2) is 0 Å². The fourth-order valence-corrected chi connectivity index (χ4v) is 2.83. The van der Waals surface area contributed by atoms with E-state index in [1.807, 2.05) is 31.2 Å². The number of furan rings is 1. The lowest BCUT2D eigenvalue weighted by Crippen LogP contribution is -2.12. The maximum Gasteiger partial charge on any atom is 0.256 e. The first kappa shape index (κ1) is 15.9. The van der Waals surface area contributed by atoms with Crippen LogP contribution in [0.15, 0.2) is 65.3 Å². The highest BCUT2D eigenvalue weighted by molar-refractivity contribution is 6.35. The molecule has 0 atom stereocenters. The van der Waals surface area contributed by atoms with E-state index in [0.29, 0.717) is 28.1 Å². The summed E-state index contributed by atoms with van der Waals surface area (Å²) in [5.74, 6) is 0.137. The molecule has 0 radical (unpaired) electrons. The Morgan fingerprint density at radius 1 is 1.12 bits per heavy atom. The molecule has 2 N–H and O–H groups in total. The number of nitrogens with one attached hydrogen (secondary N) is 2. The predicted molar refractivity (Wildman–Crippen MR) is 101 cm³/mol. The van der Waals surface area contributed by atoms with Crippen molar-refractivity contribution < 1.29 is 14.0 Å². The number of carbonyl (C=O) groups is 2. The number of hydrogen-bond acceptors (Lipinski definition) is 3. The van der Waals surface area contributed by atoms with E-state index in [9.17, 15) is 9.59 Å². The summed E-state index contributed by atoms with van der Waals surface area (Å²) < 4.78 is 5.29. The van der Waals surface area contributed by atoms with E-state index in [1.54, 1.807) is 42.7 Å². The molecule has 1 aromatic heterocycles. The van der Waals surface area contributed by atoms with Gasteiger partial charge in [-0.1, -0.05) is 17.7 Å². The predicted octanol–water partition coefficient (Wildman–Crippen LogP) is 4.33. The molecule has 0 saturated heterocycles. The third-order valence-electron chi connectivity index (χ3n) is 4.20. The zero-order chi connectivity index (χ0) is 18.1. The van der Waals surface area contributed by atoms with Crippen LogP contribution >= 0.6 is 0 Å². The summed E-state index contributed by atoms with van der Waals surface area (Å²) in [5, 5.41) is 5.67. The molecule has 0 spiro atoms. The van der Waals surface area contributed by atoms with Gasteiger partial charge in [-0.3, -0.25) is 9.59 Å². The molecule has 0 bridgehead atoms. The van der Waals surface area contributed by atoms with Gasteiger partial charge in [0.15, 0.2) is 0 Å². The van der Waals surface area contributed by atoms with Crippen molar-refractivity contribution in [2.45, 2.75) is 6.92 Å². The molecule has 2 amide bonds. The summed E-state index contributed by atoms with van der Waals surface area (Å²) in [4.78, 5) is 24.8. The molecule has 2 aromatic carbocycles. The van der Waals surface area contributed by atoms with Gasteiger partial charge in [-0.2, -0.15) is 0 Å². The molecule has 0 saturated carbocycles. The van der Waals surface area contributed by atoms with Crippen LogP contribution in [0, 0.1) is 6.92 Å². The van der Waals surface area contributed by atoms with Crippen molar-refractivity contribution in [2.24, 2.45) is 0 Å². The molecule has 1 aliphatic rings. The van der Waals surface area contributed by atoms with E-state index in [4.69, 9.17) is 4.42 Å². The lowest BCUT2D eigenvalue weighted by molar-refractivity contribution is -0.110. The maximum atomic E-state index is 12.5. The van der Waals surface area contributed by atoms with E-state index < -0.39 is 0 Å². The minimum atomic E-state index is -0.228. The van der Waals surface area contributed by atoms with Crippen LogP contribution in [-0.2, 0) is 4.79 Å². The number of rotatable bonds is 3. The second-order valence-corrected chi connectivity index (χ2v) is 6.11. The van der Waals surface area contributed by atoms with Gasteiger partial charge < -0.3 is 15.1 Å². The summed E-state index contributed by atoms with van der Waals surface area (Å²) in [6.07, 6.45) is 3.22. The lowest BCUT2D eigenvalue weighted by atomic mass is 10.0. The second-order valence-electron chi connectivity index (χ2n) is 6.11. The zero-order valence-electron chi connectivity index (χ0n) is 14.1. The molecular weight excluding hydrogens is 328 g/mol. The Morgan fingerprint density at radius 3 is 2.65 bits per heavy atom. The third kappa shape index (κ3) is 3.02. The number of hydrogen-bond donors (Lipinski definition) is 2. The number of fused-ring (bicyclic) bond motifs is 1. The van der Waals surface area contributed by atoms with Crippen molar-refractivity contribution in [3.8, 4) is 0 Å². The topological polar surface area (TPSA) is 71.3 Å². The molecule has 0 fully saturated rings. The van der Waals surface area contributed by atoms with Gasteiger partial charge in [0.2, 0.25) is 0 Å². The standard InChI is InChI=1S/C21H16N2O3/c1-13-4-7-15(8-5-13)22-20(24)14-6-9-19-17(11-14)18(21(25)23-19)12-16-3-2-10-26-16/h2-12H,1H3,(H,22,24)(H,23,25)/b18-12-. The van der Waals surface area contributed by atoms with Crippen molar-refractivity contribution in [3.63, 3.8) is 0 Å². The van der Waals surface area contributed by atoms with Gasteiger partial charge in [0.25, 0.3) is 11.8 Å². The van der Waals surface area contributed by atoms with Crippen LogP contribution in [0.1, 0.15) is 27.2 Å². The minimum Gasteiger partial charge on any atom is -0.465 e. The van der Waals surface area contributed by atoms with Crippen LogP contribution < -0.4 is 10.6 Å². The largest absolute Gasteiger partial charge is 0.465 e. The van der Waals surface area contributed by atoms with E-state index >= 15 is 0 Å². The molecule has 1 aliphatic heterocycles. The second kappa shape index (κ2) is 6.37. The molecule has 4 rings (SSSR count). The average Bonchev–Trinajstić information content (AvgIpc) is 3.25. The van der Waals surface area contributed by atoms with Crippen LogP contribution in [0.25, 0.3) is 11.6 Å². The average molecular weight is 344 g/mol. The Hall–Kier alpha value is -3.60. The van der Waals surface area contributed by atoms with Crippen molar-refractivity contribution in [1.29, 1.82) is 0 Å². The fourth-order valence-electron chi connectivity index (χ4n) is 2.83. The molecule has 3 aromatic rings. The van der Waals surface area contributed by atoms with Crippen molar-refractivity contribution in [1.82, 2.24) is 0 Å².